The van der Waals surface area contributed by atoms with Gasteiger partial charge in [0.1, 0.15) is 6.61 Å². The summed E-state index contributed by atoms with van der Waals surface area (Å²) in [7, 11) is 0. The van der Waals surface area contributed by atoms with E-state index in [1.807, 2.05) is 0 Å². The molecule has 0 saturated heterocycles. The number of hydrogen-bond donors (Lipinski definition) is 0. The van der Waals surface area contributed by atoms with Crippen LogP contribution in [0.5, 0.6) is 0 Å². The van der Waals surface area contributed by atoms with E-state index in [2.05, 4.69) is 6.92 Å². The number of hydrogen-bond acceptors (Lipinski definition) is 5. The van der Waals surface area contributed by atoms with E-state index in [4.69, 9.17) is 9.47 Å². The number of carbonyl (C=O) groups is 2. The van der Waals surface area contributed by atoms with Crippen LogP contribution in [0.4, 0.5) is 0 Å². The first-order valence-corrected chi connectivity index (χ1v) is 6.22. The predicted octanol–water partition coefficient (Wildman–Crippen LogP) is 1.02. The van der Waals surface area contributed by atoms with Crippen LogP contribution >= 0.6 is 0 Å². The first-order valence-electron chi connectivity index (χ1n) is 6.22. The number of carbonyl (C=O) groups excluding carboxylic acids is 2. The molecule has 1 aromatic rings. The Kier molecular flexibility index (Phi) is 6.60. The zero-order valence-electron chi connectivity index (χ0n) is 10.9. The van der Waals surface area contributed by atoms with Crippen LogP contribution in [0.3, 0.4) is 0 Å². The molecule has 1 rings (SSSR count). The van der Waals surface area contributed by atoms with Gasteiger partial charge in [0.2, 0.25) is 0 Å². The molecule has 5 nitrogen and oxygen atoms in total. The standard InChI is InChI=1S/C14H18O5/c1-2-3-8-18-9-10-19-14(17)12-7-5-4-6-11(12)13(15)16/h4-7H,2-3,8-10H2,1H3,(H,15,16)/p-1. The van der Waals surface area contributed by atoms with E-state index in [1.54, 1.807) is 6.07 Å². The molecule has 0 aromatic heterocycles. The van der Waals surface area contributed by atoms with Crippen molar-refractivity contribution in [3.8, 4) is 0 Å². The van der Waals surface area contributed by atoms with Crippen LogP contribution in [0.25, 0.3) is 0 Å². The Hall–Kier alpha value is -1.88. The lowest BCUT2D eigenvalue weighted by Crippen LogP contribution is -2.25. The molecule has 0 spiro atoms. The summed E-state index contributed by atoms with van der Waals surface area (Å²) in [5, 5.41) is 10.8. The normalized spacial score (nSPS) is 10.2. The van der Waals surface area contributed by atoms with Crippen molar-refractivity contribution in [1.29, 1.82) is 0 Å². The summed E-state index contributed by atoms with van der Waals surface area (Å²) in [5.41, 5.74) is -0.171. The third-order valence-corrected chi connectivity index (χ3v) is 2.47. The molecule has 104 valence electrons. The molecule has 5 heteroatoms. The van der Waals surface area contributed by atoms with Crippen LogP contribution in [0.2, 0.25) is 0 Å². The molecule has 19 heavy (non-hydrogen) atoms. The number of ether oxygens (including phenoxy) is 2. The average molecular weight is 265 g/mol. The van der Waals surface area contributed by atoms with E-state index in [1.165, 1.54) is 18.2 Å². The number of esters is 1. The van der Waals surface area contributed by atoms with E-state index in [-0.39, 0.29) is 17.7 Å². The highest BCUT2D eigenvalue weighted by atomic mass is 16.6. The van der Waals surface area contributed by atoms with Crippen LogP contribution in [0.15, 0.2) is 24.3 Å². The molecule has 0 atom stereocenters. The lowest BCUT2D eigenvalue weighted by atomic mass is 10.1. The van der Waals surface area contributed by atoms with Crippen LogP contribution in [-0.2, 0) is 9.47 Å². The average Bonchev–Trinajstić information content (AvgIpc) is 2.42. The quantitative estimate of drug-likeness (QED) is 0.518. The second kappa shape index (κ2) is 8.26. The fourth-order valence-electron chi connectivity index (χ4n) is 1.46. The Labute approximate surface area is 112 Å². The van der Waals surface area contributed by atoms with Gasteiger partial charge >= 0.3 is 5.97 Å². The minimum Gasteiger partial charge on any atom is -0.545 e. The maximum atomic E-state index is 11.7. The molecule has 0 unspecified atom stereocenters. The first kappa shape index (κ1) is 15.2. The number of carboxylic acids is 1. The number of unbranched alkanes of at least 4 members (excludes halogenated alkanes) is 1. The van der Waals surface area contributed by atoms with Crippen molar-refractivity contribution in [3.63, 3.8) is 0 Å². The highest BCUT2D eigenvalue weighted by Crippen LogP contribution is 2.09. The molecular formula is C14H17O5-. The summed E-state index contributed by atoms with van der Waals surface area (Å²) in [5.74, 6) is -2.08. The van der Waals surface area contributed by atoms with E-state index >= 15 is 0 Å². The molecule has 0 radical (unpaired) electrons. The van der Waals surface area contributed by atoms with Crippen molar-refractivity contribution in [1.82, 2.24) is 0 Å². The molecule has 0 heterocycles. The van der Waals surface area contributed by atoms with Crippen molar-refractivity contribution >= 4 is 11.9 Å². The summed E-state index contributed by atoms with van der Waals surface area (Å²) < 4.78 is 10.2. The maximum Gasteiger partial charge on any atom is 0.338 e. The Morgan fingerprint density at radius 3 is 2.42 bits per heavy atom. The predicted molar refractivity (Wildman–Crippen MR) is 66.8 cm³/mol. The second-order valence-corrected chi connectivity index (χ2v) is 3.93. The lowest BCUT2D eigenvalue weighted by molar-refractivity contribution is -0.255. The lowest BCUT2D eigenvalue weighted by Gasteiger charge is -2.10. The topological polar surface area (TPSA) is 75.7 Å². The minimum absolute atomic E-state index is 0.00365. The molecule has 0 bridgehead atoms. The highest BCUT2D eigenvalue weighted by Gasteiger charge is 2.12. The molecule has 0 fully saturated rings. The fraction of sp³-hybridized carbons (Fsp3) is 0.429. The van der Waals surface area contributed by atoms with Gasteiger partial charge in [-0.15, -0.1) is 0 Å². The van der Waals surface area contributed by atoms with Gasteiger partial charge in [-0.05, 0) is 12.5 Å². The summed E-state index contributed by atoms with van der Waals surface area (Å²) in [4.78, 5) is 22.5. The van der Waals surface area contributed by atoms with Crippen molar-refractivity contribution in [2.24, 2.45) is 0 Å². The first-order chi connectivity index (χ1) is 9.16. The Morgan fingerprint density at radius 2 is 1.79 bits per heavy atom. The number of carboxylic acid groups (broad SMARTS) is 1. The van der Waals surface area contributed by atoms with Gasteiger partial charge in [-0.3, -0.25) is 0 Å². The largest absolute Gasteiger partial charge is 0.545 e. The molecule has 1 aromatic carbocycles. The van der Waals surface area contributed by atoms with Crippen LogP contribution < -0.4 is 5.11 Å². The van der Waals surface area contributed by atoms with E-state index in [0.717, 1.165) is 12.8 Å². The third kappa shape index (κ3) is 5.09. The Bertz CT molecular complexity index is 428. The third-order valence-electron chi connectivity index (χ3n) is 2.47. The van der Waals surface area contributed by atoms with Gasteiger partial charge in [-0.2, -0.15) is 0 Å². The van der Waals surface area contributed by atoms with Crippen molar-refractivity contribution in [2.75, 3.05) is 19.8 Å². The molecular weight excluding hydrogens is 248 g/mol. The molecule has 0 saturated carbocycles. The Balaban J connectivity index is 2.43. The van der Waals surface area contributed by atoms with Crippen molar-refractivity contribution in [2.45, 2.75) is 19.8 Å². The van der Waals surface area contributed by atoms with Gasteiger partial charge in [-0.25, -0.2) is 4.79 Å². The molecule has 0 amide bonds. The molecule has 0 aliphatic heterocycles. The van der Waals surface area contributed by atoms with Crippen LogP contribution in [0.1, 0.15) is 40.5 Å². The number of aromatic carboxylic acids is 1. The second-order valence-electron chi connectivity index (χ2n) is 3.93. The molecule has 0 N–H and O–H groups in total. The van der Waals surface area contributed by atoms with E-state index < -0.39 is 11.9 Å². The van der Waals surface area contributed by atoms with Gasteiger partial charge in [0, 0.05) is 12.2 Å². The summed E-state index contributed by atoms with van der Waals surface area (Å²) >= 11 is 0. The number of benzene rings is 1. The van der Waals surface area contributed by atoms with Crippen molar-refractivity contribution < 1.29 is 24.2 Å². The zero-order chi connectivity index (χ0) is 14.1. The van der Waals surface area contributed by atoms with Crippen LogP contribution in [-0.4, -0.2) is 31.8 Å². The SMILES string of the molecule is CCCCOCCOC(=O)c1ccccc1C(=O)[O-]. The molecule has 0 aliphatic carbocycles. The van der Waals surface area contributed by atoms with Gasteiger partial charge in [0.25, 0.3) is 0 Å². The van der Waals surface area contributed by atoms with Gasteiger partial charge < -0.3 is 19.4 Å². The van der Waals surface area contributed by atoms with E-state index in [0.29, 0.717) is 13.2 Å². The zero-order valence-corrected chi connectivity index (χ0v) is 10.9. The van der Waals surface area contributed by atoms with Crippen LogP contribution in [0, 0.1) is 0 Å². The van der Waals surface area contributed by atoms with E-state index in [9.17, 15) is 14.7 Å². The summed E-state index contributed by atoms with van der Waals surface area (Å²) in [6, 6.07) is 5.80. The van der Waals surface area contributed by atoms with Gasteiger partial charge in [0.15, 0.2) is 0 Å². The highest BCUT2D eigenvalue weighted by molar-refractivity contribution is 6.01. The maximum absolute atomic E-state index is 11.7. The smallest absolute Gasteiger partial charge is 0.338 e. The number of rotatable bonds is 8. The monoisotopic (exact) mass is 265 g/mol. The Morgan fingerprint density at radius 1 is 1.11 bits per heavy atom. The molecule has 0 aliphatic rings. The van der Waals surface area contributed by atoms with Crippen molar-refractivity contribution in [3.05, 3.63) is 35.4 Å². The van der Waals surface area contributed by atoms with Gasteiger partial charge in [0.05, 0.1) is 18.1 Å². The summed E-state index contributed by atoms with van der Waals surface area (Å²) in [6.45, 7) is 3.09. The summed E-state index contributed by atoms with van der Waals surface area (Å²) in [6.07, 6.45) is 2.00. The van der Waals surface area contributed by atoms with Gasteiger partial charge in [-0.1, -0.05) is 31.5 Å². The fourth-order valence-corrected chi connectivity index (χ4v) is 1.46. The minimum atomic E-state index is -1.40.